The van der Waals surface area contributed by atoms with Crippen molar-refractivity contribution >= 4 is 0 Å². The van der Waals surface area contributed by atoms with Gasteiger partial charge in [0.2, 0.25) is 0 Å². The predicted molar refractivity (Wildman–Crippen MR) is 68.1 cm³/mol. The van der Waals surface area contributed by atoms with Crippen LogP contribution >= 0.6 is 0 Å². The average molecular weight is 214 g/mol. The second kappa shape index (κ2) is 6.52. The normalized spacial score (nSPS) is 16.4. The van der Waals surface area contributed by atoms with Crippen molar-refractivity contribution in [2.75, 3.05) is 0 Å². The highest BCUT2D eigenvalue weighted by Gasteiger charge is 2.22. The SMILES string of the molecule is CCCCCCC(C)(O)CCC(C)(C)C. The van der Waals surface area contributed by atoms with Gasteiger partial charge in [-0.3, -0.25) is 0 Å². The standard InChI is InChI=1S/C14H30O/c1-6-7-8-9-10-14(5,15)12-11-13(2,3)4/h15H,6-12H2,1-5H3. The van der Waals surface area contributed by atoms with Crippen molar-refractivity contribution in [3.8, 4) is 0 Å². The van der Waals surface area contributed by atoms with Gasteiger partial charge in [0.25, 0.3) is 0 Å². The fraction of sp³-hybridized carbons (Fsp3) is 1.00. The Kier molecular flexibility index (Phi) is 6.51. The van der Waals surface area contributed by atoms with Gasteiger partial charge in [-0.2, -0.15) is 0 Å². The number of aliphatic hydroxyl groups is 1. The molecule has 0 amide bonds. The molecule has 1 nitrogen and oxygen atoms in total. The maximum Gasteiger partial charge on any atom is 0.0620 e. The largest absolute Gasteiger partial charge is 0.390 e. The third-order valence-electron chi connectivity index (χ3n) is 2.98. The fourth-order valence-corrected chi connectivity index (χ4v) is 1.70. The zero-order chi connectivity index (χ0) is 11.9. The Bertz CT molecular complexity index is 153. The Labute approximate surface area is 96.3 Å². The van der Waals surface area contributed by atoms with Crippen molar-refractivity contribution in [1.29, 1.82) is 0 Å². The summed E-state index contributed by atoms with van der Waals surface area (Å²) in [4.78, 5) is 0. The van der Waals surface area contributed by atoms with E-state index in [-0.39, 0.29) is 0 Å². The third-order valence-corrected chi connectivity index (χ3v) is 2.98. The first kappa shape index (κ1) is 15.0. The van der Waals surface area contributed by atoms with Gasteiger partial charge in [0.15, 0.2) is 0 Å². The van der Waals surface area contributed by atoms with Crippen LogP contribution in [0.2, 0.25) is 0 Å². The number of unbranched alkanes of at least 4 members (excludes halogenated alkanes) is 3. The topological polar surface area (TPSA) is 20.2 Å². The molecular formula is C14H30O. The Morgan fingerprint density at radius 2 is 1.40 bits per heavy atom. The molecule has 0 fully saturated rings. The summed E-state index contributed by atoms with van der Waals surface area (Å²) in [6.45, 7) is 10.9. The summed E-state index contributed by atoms with van der Waals surface area (Å²) in [6, 6.07) is 0. The molecule has 0 rings (SSSR count). The van der Waals surface area contributed by atoms with Gasteiger partial charge < -0.3 is 5.11 Å². The molecule has 0 spiro atoms. The van der Waals surface area contributed by atoms with Crippen LogP contribution in [0.25, 0.3) is 0 Å². The van der Waals surface area contributed by atoms with E-state index < -0.39 is 5.60 Å². The molecule has 0 aromatic rings. The molecule has 0 bridgehead atoms. The second-order valence-corrected chi connectivity index (χ2v) is 6.37. The molecule has 0 aliphatic carbocycles. The highest BCUT2D eigenvalue weighted by molar-refractivity contribution is 4.75. The maximum atomic E-state index is 10.2. The van der Waals surface area contributed by atoms with Crippen LogP contribution in [0.4, 0.5) is 0 Å². The summed E-state index contributed by atoms with van der Waals surface area (Å²) in [7, 11) is 0. The zero-order valence-electron chi connectivity index (χ0n) is 11.4. The number of rotatable bonds is 7. The van der Waals surface area contributed by atoms with Crippen molar-refractivity contribution in [1.82, 2.24) is 0 Å². The fourth-order valence-electron chi connectivity index (χ4n) is 1.70. The first-order chi connectivity index (χ1) is 6.77. The Balaban J connectivity index is 3.67. The molecule has 0 heterocycles. The second-order valence-electron chi connectivity index (χ2n) is 6.37. The molecule has 1 N–H and O–H groups in total. The van der Waals surface area contributed by atoms with Gasteiger partial charge in [-0.1, -0.05) is 53.4 Å². The highest BCUT2D eigenvalue weighted by Crippen LogP contribution is 2.28. The molecule has 0 saturated heterocycles. The minimum atomic E-state index is -0.443. The molecule has 0 aliphatic heterocycles. The van der Waals surface area contributed by atoms with E-state index in [1.807, 2.05) is 6.92 Å². The van der Waals surface area contributed by atoms with E-state index in [4.69, 9.17) is 0 Å². The van der Waals surface area contributed by atoms with Gasteiger partial charge in [0, 0.05) is 0 Å². The van der Waals surface area contributed by atoms with Gasteiger partial charge in [-0.15, -0.1) is 0 Å². The Hall–Kier alpha value is -0.0400. The summed E-state index contributed by atoms with van der Waals surface area (Å²) in [5, 5.41) is 10.2. The third kappa shape index (κ3) is 10.2. The number of hydrogen-bond donors (Lipinski definition) is 1. The number of hydrogen-bond acceptors (Lipinski definition) is 1. The molecule has 15 heavy (non-hydrogen) atoms. The van der Waals surface area contributed by atoms with E-state index >= 15 is 0 Å². The highest BCUT2D eigenvalue weighted by atomic mass is 16.3. The van der Waals surface area contributed by atoms with Crippen LogP contribution in [0.15, 0.2) is 0 Å². The summed E-state index contributed by atoms with van der Waals surface area (Å²) in [6.07, 6.45) is 8.01. The van der Waals surface area contributed by atoms with Crippen molar-refractivity contribution in [3.05, 3.63) is 0 Å². The van der Waals surface area contributed by atoms with Crippen LogP contribution in [0.1, 0.15) is 79.6 Å². The summed E-state index contributed by atoms with van der Waals surface area (Å²) >= 11 is 0. The van der Waals surface area contributed by atoms with E-state index in [0.717, 1.165) is 19.3 Å². The molecule has 0 aromatic carbocycles. The van der Waals surface area contributed by atoms with E-state index in [1.165, 1.54) is 25.7 Å². The van der Waals surface area contributed by atoms with Crippen molar-refractivity contribution in [2.24, 2.45) is 5.41 Å². The molecule has 1 heteroatoms. The maximum absolute atomic E-state index is 10.2. The molecule has 0 radical (unpaired) electrons. The minimum absolute atomic E-state index is 0.341. The van der Waals surface area contributed by atoms with Crippen LogP contribution in [0, 0.1) is 5.41 Å². The lowest BCUT2D eigenvalue weighted by Gasteiger charge is -2.27. The quantitative estimate of drug-likeness (QED) is 0.617. The van der Waals surface area contributed by atoms with Crippen molar-refractivity contribution in [2.45, 2.75) is 85.2 Å². The molecule has 0 aromatic heterocycles. The van der Waals surface area contributed by atoms with Crippen LogP contribution < -0.4 is 0 Å². The zero-order valence-corrected chi connectivity index (χ0v) is 11.4. The molecular weight excluding hydrogens is 184 g/mol. The van der Waals surface area contributed by atoms with E-state index in [1.54, 1.807) is 0 Å². The first-order valence-corrected chi connectivity index (χ1v) is 6.49. The van der Waals surface area contributed by atoms with Gasteiger partial charge >= 0.3 is 0 Å². The Morgan fingerprint density at radius 1 is 0.800 bits per heavy atom. The van der Waals surface area contributed by atoms with Crippen molar-refractivity contribution < 1.29 is 5.11 Å². The molecule has 0 aliphatic rings. The molecule has 1 atom stereocenters. The van der Waals surface area contributed by atoms with Gasteiger partial charge in [0.05, 0.1) is 5.60 Å². The Morgan fingerprint density at radius 3 is 1.87 bits per heavy atom. The smallest absolute Gasteiger partial charge is 0.0620 e. The van der Waals surface area contributed by atoms with Crippen molar-refractivity contribution in [3.63, 3.8) is 0 Å². The lowest BCUT2D eigenvalue weighted by atomic mass is 9.83. The molecule has 1 unspecified atom stereocenters. The molecule has 92 valence electrons. The predicted octanol–water partition coefficient (Wildman–Crippen LogP) is 4.53. The summed E-state index contributed by atoms with van der Waals surface area (Å²) in [5.74, 6) is 0. The van der Waals surface area contributed by atoms with Crippen LogP contribution in [-0.4, -0.2) is 10.7 Å². The van der Waals surface area contributed by atoms with Gasteiger partial charge in [-0.05, 0) is 31.6 Å². The minimum Gasteiger partial charge on any atom is -0.390 e. The summed E-state index contributed by atoms with van der Waals surface area (Å²) < 4.78 is 0. The van der Waals surface area contributed by atoms with Crippen LogP contribution in [0.5, 0.6) is 0 Å². The first-order valence-electron chi connectivity index (χ1n) is 6.49. The van der Waals surface area contributed by atoms with E-state index in [9.17, 15) is 5.11 Å². The van der Waals surface area contributed by atoms with Crippen LogP contribution in [0.3, 0.4) is 0 Å². The van der Waals surface area contributed by atoms with Gasteiger partial charge in [0.1, 0.15) is 0 Å². The average Bonchev–Trinajstić information content (AvgIpc) is 2.09. The summed E-state index contributed by atoms with van der Waals surface area (Å²) in [5.41, 5.74) is -0.103. The van der Waals surface area contributed by atoms with E-state index in [2.05, 4.69) is 27.7 Å². The lowest BCUT2D eigenvalue weighted by Crippen LogP contribution is -2.26. The van der Waals surface area contributed by atoms with E-state index in [0.29, 0.717) is 5.41 Å². The lowest BCUT2D eigenvalue weighted by molar-refractivity contribution is 0.0285. The monoisotopic (exact) mass is 214 g/mol. The van der Waals surface area contributed by atoms with Crippen LogP contribution in [-0.2, 0) is 0 Å². The molecule has 0 saturated carbocycles. The van der Waals surface area contributed by atoms with Gasteiger partial charge in [-0.25, -0.2) is 0 Å².